The molecule has 2 unspecified atom stereocenters. The van der Waals surface area contributed by atoms with Crippen LogP contribution in [0.5, 0.6) is 0 Å². The molecule has 0 saturated carbocycles. The Morgan fingerprint density at radius 3 is 2.55 bits per heavy atom. The number of oxime groups is 1. The molecule has 9 heteroatoms. The van der Waals surface area contributed by atoms with Gasteiger partial charge < -0.3 is 19.4 Å². The molecule has 8 nitrogen and oxygen atoms in total. The van der Waals surface area contributed by atoms with Gasteiger partial charge in [0.25, 0.3) is 10.1 Å². The topological polar surface area (TPSA) is 104 Å². The molecular formula is C24H27NO7S. The van der Waals surface area contributed by atoms with Gasteiger partial charge in [-0.1, -0.05) is 59.1 Å². The fraction of sp³-hybridized carbons (Fsp3) is 0.375. The highest BCUT2D eigenvalue weighted by Crippen LogP contribution is 2.19. The highest BCUT2D eigenvalue weighted by Gasteiger charge is 2.31. The zero-order valence-electron chi connectivity index (χ0n) is 18.3. The number of ether oxygens (including phenoxy) is 2. The summed E-state index contributed by atoms with van der Waals surface area (Å²) in [5.74, 6) is 2.40. The molecular weight excluding hydrogens is 446 g/mol. The Labute approximate surface area is 194 Å². The fourth-order valence-electron chi connectivity index (χ4n) is 3.12. The van der Waals surface area contributed by atoms with Gasteiger partial charge in [0.05, 0.1) is 31.3 Å². The van der Waals surface area contributed by atoms with Crippen LogP contribution in [-0.2, 0) is 35.2 Å². The molecule has 1 aliphatic rings. The van der Waals surface area contributed by atoms with Crippen LogP contribution in [0.4, 0.5) is 0 Å². The van der Waals surface area contributed by atoms with Crippen molar-refractivity contribution in [1.82, 2.24) is 0 Å². The fourth-order valence-corrected chi connectivity index (χ4v) is 4.17. The molecule has 2 aromatic carbocycles. The normalized spacial score (nSPS) is 17.6. The summed E-state index contributed by atoms with van der Waals surface area (Å²) < 4.78 is 42.5. The Bertz CT molecular complexity index is 1060. The van der Waals surface area contributed by atoms with E-state index >= 15 is 0 Å². The zero-order chi connectivity index (χ0) is 23.7. The van der Waals surface area contributed by atoms with Crippen molar-refractivity contribution in [3.8, 4) is 12.3 Å². The van der Waals surface area contributed by atoms with Crippen LogP contribution in [-0.4, -0.2) is 57.4 Å². The van der Waals surface area contributed by atoms with E-state index in [9.17, 15) is 13.5 Å². The lowest BCUT2D eigenvalue weighted by atomic mass is 10.1. The summed E-state index contributed by atoms with van der Waals surface area (Å²) in [6, 6.07) is 15.8. The molecule has 1 heterocycles. The molecule has 2 aromatic rings. The lowest BCUT2D eigenvalue weighted by molar-refractivity contribution is -0.104. The Kier molecular flexibility index (Phi) is 9.00. The quantitative estimate of drug-likeness (QED) is 0.373. The standard InChI is InChI=1S/C24H27NO7S/c1-3-20-13-23(31-25-20)24(14-26)30-17-21(16-29-15-19-7-5-4-6-8-19)32-33(27,28)22-11-9-18(2)10-12-22/h1,4-12,21,23-24,26H,13-17H2,2H3/t21?,23?,24-/m1/s1. The summed E-state index contributed by atoms with van der Waals surface area (Å²) in [6.45, 7) is 1.58. The number of hydrogen-bond acceptors (Lipinski definition) is 8. The molecule has 0 bridgehead atoms. The van der Waals surface area contributed by atoms with E-state index in [0.717, 1.165) is 11.1 Å². The van der Waals surface area contributed by atoms with E-state index in [1.54, 1.807) is 12.1 Å². The van der Waals surface area contributed by atoms with Crippen LogP contribution >= 0.6 is 0 Å². The third-order valence-electron chi connectivity index (χ3n) is 4.94. The number of aliphatic hydroxyl groups excluding tert-OH is 1. The van der Waals surface area contributed by atoms with E-state index in [1.165, 1.54) is 12.1 Å². The molecule has 3 atom stereocenters. The Hall–Kier alpha value is -2.74. The van der Waals surface area contributed by atoms with Gasteiger partial charge in [-0.2, -0.15) is 8.42 Å². The summed E-state index contributed by atoms with van der Waals surface area (Å²) >= 11 is 0. The summed E-state index contributed by atoms with van der Waals surface area (Å²) in [4.78, 5) is 5.27. The molecule has 33 heavy (non-hydrogen) atoms. The minimum absolute atomic E-state index is 0.0334. The third kappa shape index (κ3) is 7.39. The zero-order valence-corrected chi connectivity index (χ0v) is 19.1. The van der Waals surface area contributed by atoms with E-state index < -0.39 is 28.4 Å². The van der Waals surface area contributed by atoms with Crippen molar-refractivity contribution in [2.24, 2.45) is 5.16 Å². The van der Waals surface area contributed by atoms with Crippen molar-refractivity contribution in [2.45, 2.75) is 43.2 Å². The van der Waals surface area contributed by atoms with Crippen molar-refractivity contribution < 1.29 is 32.0 Å². The highest BCUT2D eigenvalue weighted by molar-refractivity contribution is 7.86. The van der Waals surface area contributed by atoms with Crippen molar-refractivity contribution >= 4 is 15.8 Å². The van der Waals surface area contributed by atoms with Gasteiger partial charge in [0.2, 0.25) is 0 Å². The first-order valence-electron chi connectivity index (χ1n) is 10.4. The molecule has 1 aliphatic heterocycles. The summed E-state index contributed by atoms with van der Waals surface area (Å²) in [5.41, 5.74) is 2.28. The van der Waals surface area contributed by atoms with Gasteiger partial charge in [-0.05, 0) is 24.6 Å². The second kappa shape index (κ2) is 11.9. The highest BCUT2D eigenvalue weighted by atomic mass is 32.2. The lowest BCUT2D eigenvalue weighted by Crippen LogP contribution is -2.37. The third-order valence-corrected chi connectivity index (χ3v) is 6.31. The molecule has 0 spiro atoms. The minimum atomic E-state index is -4.06. The van der Waals surface area contributed by atoms with Gasteiger partial charge in [0.1, 0.15) is 17.9 Å². The number of rotatable bonds is 12. The SMILES string of the molecule is C#CC1=NOC([C@@H](CO)OCC(COCc2ccccc2)OS(=O)(=O)c2ccc(C)cc2)C1. The summed E-state index contributed by atoms with van der Waals surface area (Å²) in [5, 5.41) is 13.5. The first-order valence-corrected chi connectivity index (χ1v) is 11.9. The average Bonchev–Trinajstić information content (AvgIpc) is 3.29. The minimum Gasteiger partial charge on any atom is -0.394 e. The molecule has 176 valence electrons. The maximum atomic E-state index is 12.8. The van der Waals surface area contributed by atoms with Gasteiger partial charge in [0, 0.05) is 6.42 Å². The monoisotopic (exact) mass is 473 g/mol. The maximum absolute atomic E-state index is 12.8. The number of aryl methyl sites for hydroxylation is 1. The number of nitrogens with zero attached hydrogens (tertiary/aromatic N) is 1. The van der Waals surface area contributed by atoms with Gasteiger partial charge in [-0.15, -0.1) is 6.42 Å². The molecule has 0 fully saturated rings. The van der Waals surface area contributed by atoms with Crippen molar-refractivity contribution in [3.05, 3.63) is 65.7 Å². The number of aliphatic hydroxyl groups is 1. The molecule has 0 saturated heterocycles. The predicted molar refractivity (Wildman–Crippen MR) is 122 cm³/mol. The van der Waals surface area contributed by atoms with Crippen LogP contribution in [0, 0.1) is 19.3 Å². The Morgan fingerprint density at radius 1 is 1.18 bits per heavy atom. The van der Waals surface area contributed by atoms with E-state index in [-0.39, 0.29) is 31.3 Å². The largest absolute Gasteiger partial charge is 0.394 e. The van der Waals surface area contributed by atoms with Crippen molar-refractivity contribution in [2.75, 3.05) is 19.8 Å². The Morgan fingerprint density at radius 2 is 1.91 bits per heavy atom. The molecule has 3 rings (SSSR count). The average molecular weight is 474 g/mol. The van der Waals surface area contributed by atoms with Crippen molar-refractivity contribution in [1.29, 1.82) is 0 Å². The van der Waals surface area contributed by atoms with Crippen LogP contribution in [0.2, 0.25) is 0 Å². The van der Waals surface area contributed by atoms with E-state index in [1.807, 2.05) is 37.3 Å². The smallest absolute Gasteiger partial charge is 0.297 e. The van der Waals surface area contributed by atoms with Crippen LogP contribution in [0.25, 0.3) is 0 Å². The van der Waals surface area contributed by atoms with Crippen molar-refractivity contribution in [3.63, 3.8) is 0 Å². The second-order valence-corrected chi connectivity index (χ2v) is 9.14. The van der Waals surface area contributed by atoms with E-state index in [0.29, 0.717) is 12.1 Å². The van der Waals surface area contributed by atoms with Gasteiger partial charge in [0.15, 0.2) is 6.10 Å². The second-order valence-electron chi connectivity index (χ2n) is 7.57. The summed E-state index contributed by atoms with van der Waals surface area (Å²) in [6.07, 6.45) is 3.36. The van der Waals surface area contributed by atoms with E-state index in [2.05, 4.69) is 11.1 Å². The van der Waals surface area contributed by atoms with Crippen LogP contribution in [0.3, 0.4) is 0 Å². The lowest BCUT2D eigenvalue weighted by Gasteiger charge is -2.24. The van der Waals surface area contributed by atoms with Crippen LogP contribution in [0.15, 0.2) is 64.6 Å². The molecule has 0 radical (unpaired) electrons. The van der Waals surface area contributed by atoms with Gasteiger partial charge >= 0.3 is 0 Å². The van der Waals surface area contributed by atoms with Crippen LogP contribution < -0.4 is 0 Å². The van der Waals surface area contributed by atoms with Gasteiger partial charge in [-0.3, -0.25) is 4.18 Å². The number of benzene rings is 2. The Balaban J connectivity index is 1.65. The predicted octanol–water partition coefficient (Wildman–Crippen LogP) is 2.44. The number of terminal acetylenes is 1. The molecule has 0 aliphatic carbocycles. The van der Waals surface area contributed by atoms with Gasteiger partial charge in [-0.25, -0.2) is 0 Å². The van der Waals surface area contributed by atoms with Crippen LogP contribution in [0.1, 0.15) is 17.5 Å². The first-order chi connectivity index (χ1) is 15.9. The number of hydrogen-bond donors (Lipinski definition) is 1. The molecule has 1 N–H and O–H groups in total. The van der Waals surface area contributed by atoms with E-state index in [4.69, 9.17) is 24.9 Å². The molecule has 0 aromatic heterocycles. The first kappa shape index (κ1) is 24.9. The molecule has 0 amide bonds. The summed E-state index contributed by atoms with van der Waals surface area (Å²) in [7, 11) is -4.06. The maximum Gasteiger partial charge on any atom is 0.297 e.